The van der Waals surface area contributed by atoms with Crippen LogP contribution in [0.3, 0.4) is 0 Å². The van der Waals surface area contributed by atoms with Crippen molar-refractivity contribution < 1.29 is 14.0 Å². The molecule has 3 aromatic rings. The first-order chi connectivity index (χ1) is 15.0. The van der Waals surface area contributed by atoms with Crippen LogP contribution in [-0.2, 0) is 11.3 Å². The number of nitrogen functional groups attached to an aromatic ring is 1. The van der Waals surface area contributed by atoms with Gasteiger partial charge in [0.15, 0.2) is 5.78 Å². The molecule has 4 rings (SSSR count). The molecule has 31 heavy (non-hydrogen) atoms. The van der Waals surface area contributed by atoms with E-state index in [4.69, 9.17) is 5.73 Å². The van der Waals surface area contributed by atoms with Gasteiger partial charge in [-0.2, -0.15) is 5.10 Å². The fourth-order valence-electron chi connectivity index (χ4n) is 4.04. The van der Waals surface area contributed by atoms with Gasteiger partial charge in [0.05, 0.1) is 23.5 Å². The zero-order valence-electron chi connectivity index (χ0n) is 17.4. The summed E-state index contributed by atoms with van der Waals surface area (Å²) in [7, 11) is 0. The number of carbonyl (C=O) groups is 2. The van der Waals surface area contributed by atoms with Gasteiger partial charge in [0.1, 0.15) is 17.5 Å². The van der Waals surface area contributed by atoms with Crippen LogP contribution in [-0.4, -0.2) is 48.5 Å². The summed E-state index contributed by atoms with van der Waals surface area (Å²) >= 11 is 0. The molecule has 1 aromatic carbocycles. The molecule has 0 bridgehead atoms. The van der Waals surface area contributed by atoms with E-state index in [1.54, 1.807) is 23.2 Å². The Labute approximate surface area is 179 Å². The van der Waals surface area contributed by atoms with Crippen LogP contribution < -0.4 is 5.73 Å². The number of aryl methyl sites for hydroxylation is 2. The normalized spacial score (nSPS) is 16.1. The molecule has 1 aliphatic rings. The number of ketones is 1. The van der Waals surface area contributed by atoms with Crippen LogP contribution in [0.15, 0.2) is 42.9 Å². The summed E-state index contributed by atoms with van der Waals surface area (Å²) in [6, 6.07) is 5.16. The van der Waals surface area contributed by atoms with E-state index >= 15 is 0 Å². The van der Waals surface area contributed by atoms with Crippen LogP contribution in [0.2, 0.25) is 0 Å². The molecule has 1 amide bonds. The van der Waals surface area contributed by atoms with E-state index in [1.807, 2.05) is 17.7 Å². The molecule has 0 unspecified atom stereocenters. The number of amides is 1. The Morgan fingerprint density at radius 1 is 1.26 bits per heavy atom. The molecule has 0 aliphatic carbocycles. The molecule has 1 fully saturated rings. The summed E-state index contributed by atoms with van der Waals surface area (Å²) in [5.74, 6) is 0.496. The molecule has 0 saturated carbocycles. The minimum Gasteiger partial charge on any atom is -0.383 e. The minimum absolute atomic E-state index is 0.0295. The fraction of sp³-hybridized carbons (Fsp3) is 0.364. The van der Waals surface area contributed by atoms with E-state index in [2.05, 4.69) is 10.1 Å². The van der Waals surface area contributed by atoms with Gasteiger partial charge >= 0.3 is 0 Å². The Hall–Kier alpha value is -3.49. The molecule has 0 radical (unpaired) electrons. The molecule has 162 valence electrons. The first-order valence-electron chi connectivity index (χ1n) is 10.4. The lowest BCUT2D eigenvalue weighted by atomic mass is 10.0. The third-order valence-electron chi connectivity index (χ3n) is 5.73. The summed E-state index contributed by atoms with van der Waals surface area (Å²) in [4.78, 5) is 31.8. The largest absolute Gasteiger partial charge is 0.383 e. The van der Waals surface area contributed by atoms with Crippen molar-refractivity contribution in [2.45, 2.75) is 45.2 Å². The standard InChI is InChI=1S/C22H25FN6O2/c1-15-25-10-13-27(15)11-3-5-20(30)28-12-2-4-19(28)21(31)18-14-26-29(22(18)24)17-8-6-16(23)7-9-17/h6-10,13-14,19H,2-5,11-12,24H2,1H3/t19-/m1/s1. The fourth-order valence-corrected chi connectivity index (χ4v) is 4.04. The maximum Gasteiger partial charge on any atom is 0.223 e. The van der Waals surface area contributed by atoms with Crippen molar-refractivity contribution in [2.24, 2.45) is 0 Å². The highest BCUT2D eigenvalue weighted by molar-refractivity contribution is 6.05. The van der Waals surface area contributed by atoms with Crippen LogP contribution in [0.25, 0.3) is 5.69 Å². The molecule has 1 atom stereocenters. The monoisotopic (exact) mass is 424 g/mol. The number of rotatable bonds is 7. The van der Waals surface area contributed by atoms with E-state index < -0.39 is 6.04 Å². The Morgan fingerprint density at radius 3 is 2.74 bits per heavy atom. The first-order valence-corrected chi connectivity index (χ1v) is 10.4. The molecule has 1 aliphatic heterocycles. The number of aromatic nitrogens is 4. The van der Waals surface area contributed by atoms with Gasteiger partial charge < -0.3 is 15.2 Å². The van der Waals surface area contributed by atoms with Crippen molar-refractivity contribution in [1.82, 2.24) is 24.2 Å². The van der Waals surface area contributed by atoms with Gasteiger partial charge in [0, 0.05) is 31.9 Å². The highest BCUT2D eigenvalue weighted by Gasteiger charge is 2.35. The zero-order valence-corrected chi connectivity index (χ0v) is 17.4. The van der Waals surface area contributed by atoms with Gasteiger partial charge in [-0.15, -0.1) is 0 Å². The van der Waals surface area contributed by atoms with Crippen LogP contribution in [0.4, 0.5) is 10.2 Å². The number of nitrogens with zero attached hydrogens (tertiary/aromatic N) is 5. The van der Waals surface area contributed by atoms with E-state index in [0.717, 1.165) is 12.2 Å². The summed E-state index contributed by atoms with van der Waals surface area (Å²) < 4.78 is 16.6. The Balaban J connectivity index is 1.43. The second-order valence-electron chi connectivity index (χ2n) is 7.71. The molecular formula is C22H25FN6O2. The summed E-state index contributed by atoms with van der Waals surface area (Å²) in [6.07, 6.45) is 7.47. The molecule has 2 N–H and O–H groups in total. The van der Waals surface area contributed by atoms with E-state index in [0.29, 0.717) is 38.0 Å². The van der Waals surface area contributed by atoms with Crippen LogP contribution >= 0.6 is 0 Å². The highest BCUT2D eigenvalue weighted by atomic mass is 19.1. The van der Waals surface area contributed by atoms with Gasteiger partial charge in [-0.1, -0.05) is 0 Å². The van der Waals surface area contributed by atoms with Gasteiger partial charge in [-0.3, -0.25) is 9.59 Å². The Kier molecular flexibility index (Phi) is 5.83. The van der Waals surface area contributed by atoms with E-state index in [-0.39, 0.29) is 28.9 Å². The highest BCUT2D eigenvalue weighted by Crippen LogP contribution is 2.26. The maximum atomic E-state index is 13.2. The summed E-state index contributed by atoms with van der Waals surface area (Å²) in [5.41, 5.74) is 7.03. The lowest BCUT2D eigenvalue weighted by molar-refractivity contribution is -0.131. The van der Waals surface area contributed by atoms with Crippen molar-refractivity contribution >= 4 is 17.5 Å². The number of Topliss-reactive ketones (excluding diaryl/α,β-unsaturated/α-hetero) is 1. The first kappa shape index (κ1) is 20.8. The lowest BCUT2D eigenvalue weighted by Gasteiger charge is -2.23. The second-order valence-corrected chi connectivity index (χ2v) is 7.71. The molecule has 8 nitrogen and oxygen atoms in total. The van der Waals surface area contributed by atoms with Crippen molar-refractivity contribution in [3.05, 3.63) is 60.1 Å². The quantitative estimate of drug-likeness (QED) is 0.588. The molecular weight excluding hydrogens is 399 g/mol. The van der Waals surface area contributed by atoms with Crippen LogP contribution in [0.5, 0.6) is 0 Å². The third-order valence-corrected chi connectivity index (χ3v) is 5.73. The molecule has 0 spiro atoms. The number of hydrogen-bond acceptors (Lipinski definition) is 5. The van der Waals surface area contributed by atoms with Gasteiger partial charge in [0.2, 0.25) is 5.91 Å². The average Bonchev–Trinajstić information content (AvgIpc) is 3.49. The number of halogens is 1. The van der Waals surface area contributed by atoms with Crippen LogP contribution in [0, 0.1) is 12.7 Å². The summed E-state index contributed by atoms with van der Waals surface area (Å²) in [5, 5.41) is 4.20. The molecule has 3 heterocycles. The predicted octanol–water partition coefficient (Wildman–Crippen LogP) is 2.75. The topological polar surface area (TPSA) is 99.0 Å². The minimum atomic E-state index is -0.532. The smallest absolute Gasteiger partial charge is 0.223 e. The van der Waals surface area contributed by atoms with E-state index in [1.165, 1.54) is 23.0 Å². The van der Waals surface area contributed by atoms with Gasteiger partial charge in [-0.25, -0.2) is 14.1 Å². The number of hydrogen-bond donors (Lipinski definition) is 1. The Morgan fingerprint density at radius 2 is 2.03 bits per heavy atom. The van der Waals surface area contributed by atoms with Gasteiger partial charge in [0.25, 0.3) is 0 Å². The molecule has 9 heteroatoms. The van der Waals surface area contributed by atoms with Crippen LogP contribution in [0.1, 0.15) is 41.9 Å². The van der Waals surface area contributed by atoms with Crippen molar-refractivity contribution in [1.29, 1.82) is 0 Å². The number of likely N-dealkylation sites (tertiary alicyclic amines) is 1. The number of carbonyl (C=O) groups excluding carboxylic acids is 2. The molecule has 1 saturated heterocycles. The van der Waals surface area contributed by atoms with Crippen molar-refractivity contribution in [3.8, 4) is 5.69 Å². The predicted molar refractivity (Wildman–Crippen MR) is 113 cm³/mol. The van der Waals surface area contributed by atoms with E-state index in [9.17, 15) is 14.0 Å². The number of benzene rings is 1. The van der Waals surface area contributed by atoms with Crippen molar-refractivity contribution in [3.63, 3.8) is 0 Å². The SMILES string of the molecule is Cc1nccn1CCCC(=O)N1CCC[C@@H]1C(=O)c1cnn(-c2ccc(F)cc2)c1N. The summed E-state index contributed by atoms with van der Waals surface area (Å²) in [6.45, 7) is 3.19. The zero-order chi connectivity index (χ0) is 22.0. The Bertz CT molecular complexity index is 1090. The maximum absolute atomic E-state index is 13.2. The number of imidazole rings is 1. The number of nitrogens with two attached hydrogens (primary N) is 1. The third kappa shape index (κ3) is 4.21. The van der Waals surface area contributed by atoms with Gasteiger partial charge in [-0.05, 0) is 50.5 Å². The molecule has 2 aromatic heterocycles. The average molecular weight is 424 g/mol. The number of anilines is 1. The second kappa shape index (κ2) is 8.71. The lowest BCUT2D eigenvalue weighted by Crippen LogP contribution is -2.40. The van der Waals surface area contributed by atoms with Crippen molar-refractivity contribution in [2.75, 3.05) is 12.3 Å².